The zero-order valence-corrected chi connectivity index (χ0v) is 17.5. The summed E-state index contributed by atoms with van der Waals surface area (Å²) in [4.78, 5) is 24.1. The zero-order valence-electron chi connectivity index (χ0n) is 16.6. The van der Waals surface area contributed by atoms with Crippen LogP contribution < -0.4 is 10.1 Å². The van der Waals surface area contributed by atoms with Gasteiger partial charge in [-0.2, -0.15) is 0 Å². The number of nitrogens with one attached hydrogen (secondary N) is 1. The van der Waals surface area contributed by atoms with Crippen molar-refractivity contribution in [2.75, 3.05) is 12.9 Å². The Hall–Kier alpha value is -2.27. The number of amides is 1. The van der Waals surface area contributed by atoms with Crippen molar-refractivity contribution >= 4 is 23.5 Å². The molecule has 2 aromatic carbocycles. The lowest BCUT2D eigenvalue weighted by atomic mass is 9.92. The highest BCUT2D eigenvalue weighted by molar-refractivity contribution is 7.99. The normalized spacial score (nSPS) is 10.6. The van der Waals surface area contributed by atoms with Crippen LogP contribution in [0.3, 0.4) is 0 Å². The van der Waals surface area contributed by atoms with Crippen LogP contribution in [0.15, 0.2) is 30.3 Å². The monoisotopic (exact) mass is 385 g/mol. The SMILES string of the molecule is COc1cccc(CNC(=O)CSCc2c(C)cc(C)c(C(C)=O)c2C)c1. The third-order valence-electron chi connectivity index (χ3n) is 4.59. The van der Waals surface area contributed by atoms with E-state index in [1.165, 1.54) is 5.56 Å². The van der Waals surface area contributed by atoms with Crippen molar-refractivity contribution in [3.05, 3.63) is 63.7 Å². The summed E-state index contributed by atoms with van der Waals surface area (Å²) in [6, 6.07) is 9.71. The summed E-state index contributed by atoms with van der Waals surface area (Å²) >= 11 is 1.56. The summed E-state index contributed by atoms with van der Waals surface area (Å²) in [7, 11) is 1.63. The molecule has 144 valence electrons. The maximum atomic E-state index is 12.1. The number of carbonyl (C=O) groups is 2. The number of thioether (sulfide) groups is 1. The van der Waals surface area contributed by atoms with E-state index in [0.717, 1.165) is 33.6 Å². The topological polar surface area (TPSA) is 55.4 Å². The van der Waals surface area contributed by atoms with Crippen LogP contribution in [0, 0.1) is 20.8 Å². The Balaban J connectivity index is 1.91. The van der Waals surface area contributed by atoms with E-state index < -0.39 is 0 Å². The van der Waals surface area contributed by atoms with Gasteiger partial charge in [-0.25, -0.2) is 0 Å². The highest BCUT2D eigenvalue weighted by Crippen LogP contribution is 2.26. The van der Waals surface area contributed by atoms with Crippen molar-refractivity contribution in [1.82, 2.24) is 5.32 Å². The van der Waals surface area contributed by atoms with Gasteiger partial charge >= 0.3 is 0 Å². The molecule has 5 heteroatoms. The fourth-order valence-corrected chi connectivity index (χ4v) is 4.31. The van der Waals surface area contributed by atoms with E-state index in [0.29, 0.717) is 18.1 Å². The summed E-state index contributed by atoms with van der Waals surface area (Å²) in [6.45, 7) is 8.11. The number of benzene rings is 2. The molecule has 0 bridgehead atoms. The Labute approximate surface area is 165 Å². The van der Waals surface area contributed by atoms with Crippen LogP contribution in [0.1, 0.15) is 45.1 Å². The number of rotatable bonds is 8. The first-order chi connectivity index (χ1) is 12.8. The lowest BCUT2D eigenvalue weighted by Crippen LogP contribution is -2.24. The van der Waals surface area contributed by atoms with Crippen molar-refractivity contribution < 1.29 is 14.3 Å². The first-order valence-corrected chi connectivity index (χ1v) is 10.1. The fraction of sp³-hybridized carbons (Fsp3) is 0.364. The van der Waals surface area contributed by atoms with Crippen LogP contribution in [-0.2, 0) is 17.1 Å². The molecular formula is C22H27NO3S. The second-order valence-corrected chi connectivity index (χ2v) is 7.65. The maximum absolute atomic E-state index is 12.1. The van der Waals surface area contributed by atoms with Gasteiger partial charge in [0.2, 0.25) is 5.91 Å². The summed E-state index contributed by atoms with van der Waals surface area (Å²) in [5, 5.41) is 2.94. The van der Waals surface area contributed by atoms with E-state index in [-0.39, 0.29) is 11.7 Å². The predicted octanol–water partition coefficient (Wildman–Crippen LogP) is 4.37. The summed E-state index contributed by atoms with van der Waals surface area (Å²) in [5.74, 6) is 1.96. The summed E-state index contributed by atoms with van der Waals surface area (Å²) in [5.41, 5.74) is 6.17. The number of carbonyl (C=O) groups excluding carboxylic acids is 2. The molecule has 4 nitrogen and oxygen atoms in total. The number of aryl methyl sites for hydroxylation is 2. The lowest BCUT2D eigenvalue weighted by molar-refractivity contribution is -0.118. The molecule has 0 saturated carbocycles. The van der Waals surface area contributed by atoms with E-state index in [4.69, 9.17) is 4.74 Å². The van der Waals surface area contributed by atoms with Crippen molar-refractivity contribution in [1.29, 1.82) is 0 Å². The van der Waals surface area contributed by atoms with Crippen molar-refractivity contribution in [2.24, 2.45) is 0 Å². The molecule has 0 aliphatic rings. The molecule has 2 aromatic rings. The van der Waals surface area contributed by atoms with Crippen molar-refractivity contribution in [3.63, 3.8) is 0 Å². The molecule has 1 amide bonds. The van der Waals surface area contributed by atoms with Crippen LogP contribution in [-0.4, -0.2) is 24.6 Å². The first-order valence-electron chi connectivity index (χ1n) is 8.91. The average Bonchev–Trinajstić information content (AvgIpc) is 2.62. The molecule has 27 heavy (non-hydrogen) atoms. The van der Waals surface area contributed by atoms with E-state index >= 15 is 0 Å². The smallest absolute Gasteiger partial charge is 0.230 e. The molecule has 0 heterocycles. The summed E-state index contributed by atoms with van der Waals surface area (Å²) < 4.78 is 5.19. The van der Waals surface area contributed by atoms with Gasteiger partial charge in [-0.1, -0.05) is 18.2 Å². The molecule has 0 aliphatic heterocycles. The van der Waals surface area contributed by atoms with Gasteiger partial charge in [-0.15, -0.1) is 11.8 Å². The van der Waals surface area contributed by atoms with Gasteiger partial charge in [-0.3, -0.25) is 9.59 Å². The van der Waals surface area contributed by atoms with Crippen LogP contribution in [0.25, 0.3) is 0 Å². The molecule has 0 aliphatic carbocycles. The summed E-state index contributed by atoms with van der Waals surface area (Å²) in [6.07, 6.45) is 0. The van der Waals surface area contributed by atoms with Crippen molar-refractivity contribution in [2.45, 2.75) is 40.0 Å². The van der Waals surface area contributed by atoms with Gasteiger partial charge in [0, 0.05) is 17.9 Å². The first kappa shape index (κ1) is 21.0. The van der Waals surface area contributed by atoms with Gasteiger partial charge in [0.05, 0.1) is 12.9 Å². The standard InChI is InChI=1S/C22H27NO3S/c1-14-9-15(2)22(17(4)24)16(3)20(14)12-27-13-21(25)23-11-18-7-6-8-19(10-18)26-5/h6-10H,11-13H2,1-5H3,(H,23,25). The van der Waals surface area contributed by atoms with E-state index in [9.17, 15) is 9.59 Å². The van der Waals surface area contributed by atoms with Crippen LogP contribution in [0.4, 0.5) is 0 Å². The molecule has 0 radical (unpaired) electrons. The van der Waals surface area contributed by atoms with Crippen LogP contribution in [0.5, 0.6) is 5.75 Å². The minimum atomic E-state index is -0.00275. The molecule has 0 unspecified atom stereocenters. The molecule has 1 N–H and O–H groups in total. The van der Waals surface area contributed by atoms with Gasteiger partial charge in [0.25, 0.3) is 0 Å². The lowest BCUT2D eigenvalue weighted by Gasteiger charge is -2.15. The second-order valence-electron chi connectivity index (χ2n) is 6.67. The molecule has 0 spiro atoms. The Morgan fingerprint density at radius 3 is 2.52 bits per heavy atom. The highest BCUT2D eigenvalue weighted by atomic mass is 32.2. The number of Topliss-reactive ketones (excluding diaryl/α,β-unsaturated/α-hetero) is 1. The van der Waals surface area contributed by atoms with Crippen LogP contribution >= 0.6 is 11.8 Å². The third kappa shape index (κ3) is 5.60. The quantitative estimate of drug-likeness (QED) is 0.686. The van der Waals surface area contributed by atoms with Gasteiger partial charge in [0.15, 0.2) is 5.78 Å². The average molecular weight is 386 g/mol. The van der Waals surface area contributed by atoms with Gasteiger partial charge < -0.3 is 10.1 Å². The van der Waals surface area contributed by atoms with Crippen molar-refractivity contribution in [3.8, 4) is 5.75 Å². The molecule has 0 saturated heterocycles. The predicted molar refractivity (Wildman–Crippen MR) is 112 cm³/mol. The third-order valence-corrected chi connectivity index (χ3v) is 5.55. The van der Waals surface area contributed by atoms with Crippen LogP contribution in [0.2, 0.25) is 0 Å². The zero-order chi connectivity index (χ0) is 20.0. The molecular weight excluding hydrogens is 358 g/mol. The number of hydrogen-bond acceptors (Lipinski definition) is 4. The fourth-order valence-electron chi connectivity index (χ4n) is 3.27. The van der Waals surface area contributed by atoms with Gasteiger partial charge in [-0.05, 0) is 67.6 Å². The van der Waals surface area contributed by atoms with E-state index in [1.807, 2.05) is 38.1 Å². The minimum Gasteiger partial charge on any atom is -0.497 e. The number of hydrogen-bond donors (Lipinski definition) is 1. The Bertz CT molecular complexity index is 846. The molecule has 0 aromatic heterocycles. The largest absolute Gasteiger partial charge is 0.497 e. The Kier molecular flexibility index (Phi) is 7.48. The minimum absolute atomic E-state index is 0.00275. The molecule has 0 fully saturated rings. The Morgan fingerprint density at radius 2 is 1.85 bits per heavy atom. The second kappa shape index (κ2) is 9.60. The molecule has 0 atom stereocenters. The Morgan fingerprint density at radius 1 is 1.11 bits per heavy atom. The number of methoxy groups -OCH3 is 1. The number of ether oxygens (including phenoxy) is 1. The van der Waals surface area contributed by atoms with E-state index in [2.05, 4.69) is 18.3 Å². The highest BCUT2D eigenvalue weighted by Gasteiger charge is 2.14. The van der Waals surface area contributed by atoms with Gasteiger partial charge in [0.1, 0.15) is 5.75 Å². The van der Waals surface area contributed by atoms with E-state index in [1.54, 1.807) is 25.8 Å². The molecule has 2 rings (SSSR count). The maximum Gasteiger partial charge on any atom is 0.230 e. The number of ketones is 1.